The van der Waals surface area contributed by atoms with E-state index in [2.05, 4.69) is 22.8 Å². The SMILES string of the molecule is O=C(NCCN1C(=O)[C@H]2[C@H](C1=O)[C@H]1C=C[C@H]2CC1)Nc1ccc(Cl)cc1Cl. The summed E-state index contributed by atoms with van der Waals surface area (Å²) < 4.78 is 0. The van der Waals surface area contributed by atoms with E-state index in [9.17, 15) is 14.4 Å². The predicted molar refractivity (Wildman–Crippen MR) is 103 cm³/mol. The molecule has 3 aliphatic carbocycles. The Morgan fingerprint density at radius 3 is 2.26 bits per heavy atom. The van der Waals surface area contributed by atoms with E-state index in [0.717, 1.165) is 12.8 Å². The summed E-state index contributed by atoms with van der Waals surface area (Å²) in [6, 6.07) is 4.29. The van der Waals surface area contributed by atoms with Crippen molar-refractivity contribution < 1.29 is 14.4 Å². The van der Waals surface area contributed by atoms with Crippen LogP contribution in [0.5, 0.6) is 0 Å². The van der Waals surface area contributed by atoms with Gasteiger partial charge < -0.3 is 10.6 Å². The van der Waals surface area contributed by atoms with Crippen LogP contribution in [0.4, 0.5) is 10.5 Å². The average molecular weight is 408 g/mol. The number of rotatable bonds is 4. The number of hydrogen-bond acceptors (Lipinski definition) is 3. The Labute approximate surface area is 166 Å². The Bertz CT molecular complexity index is 809. The summed E-state index contributed by atoms with van der Waals surface area (Å²) >= 11 is 11.8. The monoisotopic (exact) mass is 407 g/mol. The first kappa shape index (κ1) is 18.3. The fraction of sp³-hybridized carbons (Fsp3) is 0.421. The number of nitrogens with one attached hydrogen (secondary N) is 2. The zero-order chi connectivity index (χ0) is 19.1. The number of benzene rings is 1. The molecule has 4 aliphatic rings. The molecule has 1 saturated carbocycles. The van der Waals surface area contributed by atoms with Crippen LogP contribution in [0.3, 0.4) is 0 Å². The first-order valence-electron chi connectivity index (χ1n) is 8.99. The summed E-state index contributed by atoms with van der Waals surface area (Å²) in [6.07, 6.45) is 6.12. The lowest BCUT2D eigenvalue weighted by Crippen LogP contribution is -2.40. The number of allylic oxidation sites excluding steroid dienone is 2. The van der Waals surface area contributed by atoms with Crippen LogP contribution in [0, 0.1) is 23.7 Å². The molecule has 0 unspecified atom stereocenters. The highest BCUT2D eigenvalue weighted by Crippen LogP contribution is 2.49. The second-order valence-corrected chi connectivity index (χ2v) is 8.02. The van der Waals surface area contributed by atoms with E-state index in [4.69, 9.17) is 23.2 Å². The number of carbonyl (C=O) groups excluding carboxylic acids is 3. The number of hydrogen-bond donors (Lipinski definition) is 2. The van der Waals surface area contributed by atoms with Crippen molar-refractivity contribution in [2.45, 2.75) is 12.8 Å². The number of imide groups is 1. The molecule has 1 aliphatic heterocycles. The lowest BCUT2D eigenvalue weighted by atomic mass is 9.63. The lowest BCUT2D eigenvalue weighted by molar-refractivity contribution is -0.140. The minimum absolute atomic E-state index is 0.105. The maximum absolute atomic E-state index is 12.7. The van der Waals surface area contributed by atoms with Crippen molar-refractivity contribution >= 4 is 46.7 Å². The molecule has 142 valence electrons. The van der Waals surface area contributed by atoms with Crippen molar-refractivity contribution in [3.05, 3.63) is 40.4 Å². The highest BCUT2D eigenvalue weighted by molar-refractivity contribution is 6.36. The molecule has 27 heavy (non-hydrogen) atoms. The molecule has 1 aromatic carbocycles. The van der Waals surface area contributed by atoms with Gasteiger partial charge in [-0.05, 0) is 42.9 Å². The molecule has 4 atom stereocenters. The summed E-state index contributed by atoms with van der Waals surface area (Å²) in [6.45, 7) is 0.350. The highest BCUT2D eigenvalue weighted by atomic mass is 35.5. The third kappa shape index (κ3) is 3.32. The topological polar surface area (TPSA) is 78.5 Å². The van der Waals surface area contributed by atoms with Gasteiger partial charge in [0.05, 0.1) is 22.5 Å². The molecule has 0 aromatic heterocycles. The number of anilines is 1. The van der Waals surface area contributed by atoms with Crippen LogP contribution in [0.15, 0.2) is 30.4 Å². The number of nitrogens with zero attached hydrogens (tertiary/aromatic N) is 1. The van der Waals surface area contributed by atoms with Crippen molar-refractivity contribution in [2.24, 2.45) is 23.7 Å². The second-order valence-electron chi connectivity index (χ2n) is 7.17. The molecule has 2 N–H and O–H groups in total. The number of amides is 4. The van der Waals surface area contributed by atoms with Gasteiger partial charge in [-0.1, -0.05) is 35.4 Å². The fourth-order valence-corrected chi connectivity index (χ4v) is 4.85. The maximum Gasteiger partial charge on any atom is 0.319 e. The van der Waals surface area contributed by atoms with Crippen molar-refractivity contribution in [1.29, 1.82) is 0 Å². The third-order valence-electron chi connectivity index (χ3n) is 5.65. The predicted octanol–water partition coefficient (Wildman–Crippen LogP) is 3.31. The van der Waals surface area contributed by atoms with Gasteiger partial charge >= 0.3 is 6.03 Å². The number of fused-ring (bicyclic) bond motifs is 1. The van der Waals surface area contributed by atoms with Gasteiger partial charge in [0.1, 0.15) is 0 Å². The fourth-order valence-electron chi connectivity index (χ4n) is 4.39. The Morgan fingerprint density at radius 2 is 1.70 bits per heavy atom. The minimum atomic E-state index is -0.461. The largest absolute Gasteiger partial charge is 0.336 e. The number of urea groups is 1. The van der Waals surface area contributed by atoms with Gasteiger partial charge in [-0.3, -0.25) is 14.5 Å². The quantitative estimate of drug-likeness (QED) is 0.593. The van der Waals surface area contributed by atoms with Crippen LogP contribution in [0.25, 0.3) is 0 Å². The van der Waals surface area contributed by atoms with Crippen molar-refractivity contribution in [2.75, 3.05) is 18.4 Å². The molecule has 5 rings (SSSR count). The summed E-state index contributed by atoms with van der Waals surface area (Å²) in [5.41, 5.74) is 0.431. The first-order chi connectivity index (χ1) is 13.0. The number of likely N-dealkylation sites (tertiary alicyclic amines) is 1. The van der Waals surface area contributed by atoms with Crippen LogP contribution in [0.1, 0.15) is 12.8 Å². The smallest absolute Gasteiger partial charge is 0.319 e. The molecule has 1 heterocycles. The zero-order valence-corrected chi connectivity index (χ0v) is 16.0. The van der Waals surface area contributed by atoms with Crippen LogP contribution in [0.2, 0.25) is 10.0 Å². The first-order valence-corrected chi connectivity index (χ1v) is 9.75. The van der Waals surface area contributed by atoms with Gasteiger partial charge in [0.15, 0.2) is 0 Å². The maximum atomic E-state index is 12.7. The van der Waals surface area contributed by atoms with E-state index in [1.807, 2.05) is 0 Å². The summed E-state index contributed by atoms with van der Waals surface area (Å²) in [5.74, 6) is -0.306. The Hall–Kier alpha value is -2.05. The third-order valence-corrected chi connectivity index (χ3v) is 6.20. The molecular formula is C19H19Cl2N3O3. The van der Waals surface area contributed by atoms with E-state index in [1.165, 1.54) is 11.0 Å². The molecule has 1 aromatic rings. The van der Waals surface area contributed by atoms with E-state index >= 15 is 0 Å². The van der Waals surface area contributed by atoms with Crippen molar-refractivity contribution in [3.8, 4) is 0 Å². The molecule has 1 saturated heterocycles. The number of halogens is 2. The van der Waals surface area contributed by atoms with E-state index < -0.39 is 6.03 Å². The van der Waals surface area contributed by atoms with Crippen molar-refractivity contribution in [3.63, 3.8) is 0 Å². The molecular weight excluding hydrogens is 389 g/mol. The van der Waals surface area contributed by atoms with Crippen LogP contribution >= 0.6 is 23.2 Å². The van der Waals surface area contributed by atoms with E-state index in [1.54, 1.807) is 12.1 Å². The summed E-state index contributed by atoms with van der Waals surface area (Å²) in [4.78, 5) is 38.7. The summed E-state index contributed by atoms with van der Waals surface area (Å²) in [5, 5.41) is 6.08. The second kappa shape index (κ2) is 7.17. The average Bonchev–Trinajstić information content (AvgIpc) is 2.92. The normalized spacial score (nSPS) is 28.4. The Balaban J connectivity index is 1.32. The molecule has 6 nitrogen and oxygen atoms in total. The minimum Gasteiger partial charge on any atom is -0.336 e. The van der Waals surface area contributed by atoms with Gasteiger partial charge in [-0.15, -0.1) is 0 Å². The highest BCUT2D eigenvalue weighted by Gasteiger charge is 2.56. The van der Waals surface area contributed by atoms with Crippen LogP contribution in [-0.4, -0.2) is 35.8 Å². The lowest BCUT2D eigenvalue weighted by Gasteiger charge is -2.38. The van der Waals surface area contributed by atoms with Crippen LogP contribution in [-0.2, 0) is 9.59 Å². The summed E-state index contributed by atoms with van der Waals surface area (Å²) in [7, 11) is 0. The molecule has 0 radical (unpaired) electrons. The zero-order valence-electron chi connectivity index (χ0n) is 14.5. The number of carbonyl (C=O) groups is 3. The molecule has 4 amide bonds. The van der Waals surface area contributed by atoms with Gasteiger partial charge in [0, 0.05) is 18.1 Å². The molecule has 2 fully saturated rings. The molecule has 2 bridgehead atoms. The van der Waals surface area contributed by atoms with Gasteiger partial charge in [0.2, 0.25) is 11.8 Å². The van der Waals surface area contributed by atoms with Crippen molar-refractivity contribution in [1.82, 2.24) is 10.2 Å². The molecule has 8 heteroatoms. The van der Waals surface area contributed by atoms with Gasteiger partial charge in [-0.2, -0.15) is 0 Å². The van der Waals surface area contributed by atoms with Gasteiger partial charge in [-0.25, -0.2) is 4.79 Å². The Morgan fingerprint density at radius 1 is 1.07 bits per heavy atom. The van der Waals surface area contributed by atoms with Crippen LogP contribution < -0.4 is 10.6 Å². The van der Waals surface area contributed by atoms with E-state index in [-0.39, 0.29) is 48.6 Å². The Kier molecular flexibility index (Phi) is 4.86. The van der Waals surface area contributed by atoms with Gasteiger partial charge in [0.25, 0.3) is 0 Å². The van der Waals surface area contributed by atoms with E-state index in [0.29, 0.717) is 15.7 Å². The standard InChI is InChI=1S/C19H19Cl2N3O3/c20-12-5-6-14(13(21)9-12)23-19(27)22-7-8-24-17(25)15-10-1-2-11(4-3-10)16(15)18(24)26/h1-2,5-6,9-11,15-16H,3-4,7-8H2,(H2,22,23,27)/t10-,11-,15+,16+/m0/s1. The molecule has 0 spiro atoms.